The number of nitrogens with one attached hydrogen (secondary N) is 1. The van der Waals surface area contributed by atoms with E-state index in [0.29, 0.717) is 24.4 Å². The average molecular weight is 474 g/mol. The second-order valence-electron chi connectivity index (χ2n) is 9.30. The molecule has 178 valence electrons. The molecule has 1 saturated heterocycles. The van der Waals surface area contributed by atoms with Crippen molar-refractivity contribution in [1.29, 1.82) is 0 Å². The molecule has 0 atom stereocenters. The molecule has 0 radical (unpaired) electrons. The summed E-state index contributed by atoms with van der Waals surface area (Å²) in [5.41, 5.74) is -0.401. The zero-order valence-electron chi connectivity index (χ0n) is 18.8. The number of aromatic nitrogens is 3. The van der Waals surface area contributed by atoms with E-state index in [1.165, 1.54) is 19.3 Å². The summed E-state index contributed by atoms with van der Waals surface area (Å²) in [6.07, 6.45) is 13.3. The Balaban J connectivity index is 0.00000259. The van der Waals surface area contributed by atoms with Crippen molar-refractivity contribution in [3.8, 4) is 5.75 Å². The Hall–Kier alpha value is -2.61. The van der Waals surface area contributed by atoms with Gasteiger partial charge in [0.25, 0.3) is 0 Å². The molecule has 3 aliphatic rings. The maximum atomic E-state index is 12.4. The molecule has 1 N–H and O–H groups in total. The normalized spacial score (nSPS) is 25.4. The van der Waals surface area contributed by atoms with E-state index >= 15 is 0 Å². The van der Waals surface area contributed by atoms with Crippen LogP contribution in [0.15, 0.2) is 36.7 Å². The van der Waals surface area contributed by atoms with Crippen molar-refractivity contribution in [2.24, 2.45) is 5.92 Å². The first-order chi connectivity index (χ1) is 15.7. The lowest BCUT2D eigenvalue weighted by Gasteiger charge is -2.35. The molecule has 2 aromatic rings. The van der Waals surface area contributed by atoms with Gasteiger partial charge in [0.2, 0.25) is 0 Å². The SMILES string of the molecule is Cl.O=C1OC2(CCC(CNc3ccc(OC4CCCCC4)cn3)CC2)CN1c1cccnn1. The average Bonchev–Trinajstić information content (AvgIpc) is 3.16. The minimum Gasteiger partial charge on any atom is -0.489 e. The largest absolute Gasteiger partial charge is 0.489 e. The highest BCUT2D eigenvalue weighted by molar-refractivity contribution is 5.89. The number of pyridine rings is 1. The van der Waals surface area contributed by atoms with Gasteiger partial charge in [-0.2, -0.15) is 5.10 Å². The number of halogens is 1. The summed E-state index contributed by atoms with van der Waals surface area (Å²) >= 11 is 0. The van der Waals surface area contributed by atoms with Gasteiger partial charge in [-0.05, 0) is 81.5 Å². The second-order valence-corrected chi connectivity index (χ2v) is 9.30. The van der Waals surface area contributed by atoms with E-state index in [4.69, 9.17) is 9.47 Å². The first-order valence-electron chi connectivity index (χ1n) is 11.8. The molecular formula is C24H32ClN5O3. The fourth-order valence-corrected chi connectivity index (χ4v) is 5.08. The Morgan fingerprint density at radius 2 is 1.94 bits per heavy atom. The number of carbonyl (C=O) groups excluding carboxylic acids is 1. The van der Waals surface area contributed by atoms with Gasteiger partial charge in [0.05, 0.1) is 18.8 Å². The quantitative estimate of drug-likeness (QED) is 0.631. The van der Waals surface area contributed by atoms with E-state index in [1.807, 2.05) is 18.3 Å². The molecule has 2 aromatic heterocycles. The Kier molecular flexibility index (Phi) is 7.53. The van der Waals surface area contributed by atoms with Crippen molar-refractivity contribution in [2.45, 2.75) is 69.5 Å². The number of amides is 1. The van der Waals surface area contributed by atoms with E-state index in [0.717, 1.165) is 56.6 Å². The Labute approximate surface area is 200 Å². The van der Waals surface area contributed by atoms with Crippen LogP contribution in [0, 0.1) is 5.92 Å². The number of carbonyl (C=O) groups is 1. The van der Waals surface area contributed by atoms with Crippen molar-refractivity contribution in [3.05, 3.63) is 36.7 Å². The van der Waals surface area contributed by atoms with Crippen molar-refractivity contribution >= 4 is 30.1 Å². The summed E-state index contributed by atoms with van der Waals surface area (Å²) in [6, 6.07) is 7.59. The topological polar surface area (TPSA) is 89.5 Å². The van der Waals surface area contributed by atoms with Gasteiger partial charge in [-0.3, -0.25) is 4.90 Å². The van der Waals surface area contributed by atoms with Gasteiger partial charge in [-0.1, -0.05) is 6.42 Å². The summed E-state index contributed by atoms with van der Waals surface area (Å²) in [5, 5.41) is 11.4. The minimum atomic E-state index is -0.401. The van der Waals surface area contributed by atoms with Crippen LogP contribution in [0.2, 0.25) is 0 Å². The lowest BCUT2D eigenvalue weighted by atomic mass is 9.78. The highest BCUT2D eigenvalue weighted by Gasteiger charge is 2.48. The smallest absolute Gasteiger partial charge is 0.416 e. The third-order valence-corrected chi connectivity index (χ3v) is 6.98. The molecule has 2 saturated carbocycles. The van der Waals surface area contributed by atoms with E-state index in [9.17, 15) is 4.79 Å². The fraction of sp³-hybridized carbons (Fsp3) is 0.583. The molecule has 0 bridgehead atoms. The molecule has 2 aliphatic carbocycles. The number of hydrogen-bond acceptors (Lipinski definition) is 7. The van der Waals surface area contributed by atoms with Crippen LogP contribution in [0.5, 0.6) is 5.75 Å². The maximum absolute atomic E-state index is 12.4. The van der Waals surface area contributed by atoms with E-state index < -0.39 is 5.60 Å². The van der Waals surface area contributed by atoms with Gasteiger partial charge >= 0.3 is 6.09 Å². The number of nitrogens with zero attached hydrogens (tertiary/aromatic N) is 4. The van der Waals surface area contributed by atoms with E-state index in [2.05, 4.69) is 20.5 Å². The minimum absolute atomic E-state index is 0. The lowest BCUT2D eigenvalue weighted by Crippen LogP contribution is -2.39. The Bertz CT molecular complexity index is 900. The summed E-state index contributed by atoms with van der Waals surface area (Å²) in [7, 11) is 0. The van der Waals surface area contributed by atoms with E-state index in [-0.39, 0.29) is 18.5 Å². The first kappa shape index (κ1) is 23.5. The molecule has 3 fully saturated rings. The van der Waals surface area contributed by atoms with Gasteiger partial charge in [0.15, 0.2) is 5.82 Å². The van der Waals surface area contributed by atoms with Crippen LogP contribution >= 0.6 is 12.4 Å². The molecule has 1 aliphatic heterocycles. The third-order valence-electron chi connectivity index (χ3n) is 6.98. The molecule has 3 heterocycles. The molecule has 1 spiro atoms. The van der Waals surface area contributed by atoms with Crippen LogP contribution in [0.1, 0.15) is 57.8 Å². The predicted molar refractivity (Wildman–Crippen MR) is 128 cm³/mol. The molecule has 8 nitrogen and oxygen atoms in total. The molecular weight excluding hydrogens is 442 g/mol. The van der Waals surface area contributed by atoms with Crippen molar-refractivity contribution in [3.63, 3.8) is 0 Å². The molecule has 0 unspecified atom stereocenters. The highest BCUT2D eigenvalue weighted by Crippen LogP contribution is 2.40. The summed E-state index contributed by atoms with van der Waals surface area (Å²) in [6.45, 7) is 1.42. The van der Waals surface area contributed by atoms with Gasteiger partial charge in [-0.15, -0.1) is 17.5 Å². The standard InChI is InChI=1S/C24H31N5O3.ClH/c30-23-29(22-7-4-14-27-28-22)17-24(32-23)12-10-18(11-13-24)15-25-21-9-8-20(16-26-21)31-19-5-2-1-3-6-19;/h4,7-9,14,16,18-19H,1-3,5-6,10-13,15,17H2,(H,25,26);1H. The number of hydrogen-bond donors (Lipinski definition) is 1. The van der Waals surface area contributed by atoms with Crippen LogP contribution in [0.25, 0.3) is 0 Å². The monoisotopic (exact) mass is 473 g/mol. The lowest BCUT2D eigenvalue weighted by molar-refractivity contribution is 0.0148. The van der Waals surface area contributed by atoms with Gasteiger partial charge in [0.1, 0.15) is 17.2 Å². The number of anilines is 2. The summed E-state index contributed by atoms with van der Waals surface area (Å²) < 4.78 is 11.9. The number of ether oxygens (including phenoxy) is 2. The maximum Gasteiger partial charge on any atom is 0.416 e. The molecule has 33 heavy (non-hydrogen) atoms. The second kappa shape index (κ2) is 10.5. The molecule has 5 rings (SSSR count). The Morgan fingerprint density at radius 3 is 2.64 bits per heavy atom. The highest BCUT2D eigenvalue weighted by atomic mass is 35.5. The van der Waals surface area contributed by atoms with Gasteiger partial charge < -0.3 is 14.8 Å². The van der Waals surface area contributed by atoms with Crippen LogP contribution in [-0.4, -0.2) is 46.1 Å². The van der Waals surface area contributed by atoms with Crippen molar-refractivity contribution < 1.29 is 14.3 Å². The third kappa shape index (κ3) is 5.66. The molecule has 9 heteroatoms. The summed E-state index contributed by atoms with van der Waals surface area (Å²) in [5.74, 6) is 2.82. The van der Waals surface area contributed by atoms with Crippen molar-refractivity contribution in [2.75, 3.05) is 23.3 Å². The molecule has 1 amide bonds. The van der Waals surface area contributed by atoms with Crippen LogP contribution < -0.4 is 15.0 Å². The van der Waals surface area contributed by atoms with Gasteiger partial charge in [0, 0.05) is 12.7 Å². The van der Waals surface area contributed by atoms with E-state index in [1.54, 1.807) is 23.2 Å². The van der Waals surface area contributed by atoms with Crippen LogP contribution in [0.4, 0.5) is 16.4 Å². The van der Waals surface area contributed by atoms with Crippen LogP contribution in [-0.2, 0) is 4.74 Å². The number of rotatable bonds is 6. The zero-order chi connectivity index (χ0) is 21.8. The first-order valence-corrected chi connectivity index (χ1v) is 11.8. The fourth-order valence-electron chi connectivity index (χ4n) is 5.08. The molecule has 0 aromatic carbocycles. The Morgan fingerprint density at radius 1 is 1.12 bits per heavy atom. The predicted octanol–water partition coefficient (Wildman–Crippen LogP) is 5.00. The van der Waals surface area contributed by atoms with Crippen LogP contribution in [0.3, 0.4) is 0 Å². The van der Waals surface area contributed by atoms with Gasteiger partial charge in [-0.25, -0.2) is 9.78 Å². The van der Waals surface area contributed by atoms with Crippen molar-refractivity contribution in [1.82, 2.24) is 15.2 Å². The zero-order valence-corrected chi connectivity index (χ0v) is 19.6. The summed E-state index contributed by atoms with van der Waals surface area (Å²) in [4.78, 5) is 18.5.